The molecule has 0 saturated heterocycles. The third kappa shape index (κ3) is 6.82. The van der Waals surface area contributed by atoms with Gasteiger partial charge in [0.15, 0.2) is 0 Å². The Kier molecular flexibility index (Phi) is 9.47. The number of para-hydroxylation sites is 2. The summed E-state index contributed by atoms with van der Waals surface area (Å²) in [4.78, 5) is 11.4. The smallest absolute Gasteiger partial charge is 0.395 e. The number of hydrogen-bond acceptors (Lipinski definition) is 3. The molecule has 4 nitrogen and oxygen atoms in total. The summed E-state index contributed by atoms with van der Waals surface area (Å²) in [5, 5.41) is 0. The van der Waals surface area contributed by atoms with E-state index in [0.29, 0.717) is 11.5 Å². The summed E-state index contributed by atoms with van der Waals surface area (Å²) >= 11 is 0. The van der Waals surface area contributed by atoms with E-state index in [-0.39, 0.29) is 21.7 Å². The molecular weight excluding hydrogens is 479 g/mol. The molecule has 0 radical (unpaired) electrons. The highest BCUT2D eigenvalue weighted by Gasteiger charge is 2.38. The van der Waals surface area contributed by atoms with Crippen LogP contribution in [0.5, 0.6) is 11.5 Å². The second kappa shape index (κ2) is 11.1. The summed E-state index contributed by atoms with van der Waals surface area (Å²) in [6.07, 6.45) is 3.44. The van der Waals surface area contributed by atoms with Crippen LogP contribution in [-0.4, -0.2) is 4.89 Å². The quantitative estimate of drug-likeness (QED) is 0.277. The standard InChI is InChI=1S/C32H51O4P/c1-13-29(5,6)23-19-17-20-24(30(7,8)14-2)27(23)35-37(33,34)36-28-25(31(9,10)15-3)21-18-22-26(28)32(11,12)16-4/h17-22H,13-16H2,1-12H3,(H,33,34). The summed E-state index contributed by atoms with van der Waals surface area (Å²) < 4.78 is 26.2. The Balaban J connectivity index is 2.76. The first-order valence-corrected chi connectivity index (χ1v) is 15.4. The third-order valence-electron chi connectivity index (χ3n) is 8.90. The summed E-state index contributed by atoms with van der Waals surface area (Å²) in [6.45, 7) is 25.6. The Morgan fingerprint density at radius 1 is 0.568 bits per heavy atom. The zero-order chi connectivity index (χ0) is 28.4. The van der Waals surface area contributed by atoms with Gasteiger partial charge in [0.1, 0.15) is 11.5 Å². The van der Waals surface area contributed by atoms with Crippen LogP contribution in [0.3, 0.4) is 0 Å². The highest BCUT2D eigenvalue weighted by Crippen LogP contribution is 2.54. The first kappa shape index (κ1) is 31.4. The van der Waals surface area contributed by atoms with Crippen molar-refractivity contribution < 1.29 is 18.5 Å². The molecule has 0 aliphatic heterocycles. The maximum atomic E-state index is 13.9. The van der Waals surface area contributed by atoms with Crippen LogP contribution in [0, 0.1) is 0 Å². The lowest BCUT2D eigenvalue weighted by Gasteiger charge is -2.34. The summed E-state index contributed by atoms with van der Waals surface area (Å²) in [5.41, 5.74) is 2.70. The second-order valence-corrected chi connectivity index (χ2v) is 14.3. The largest absolute Gasteiger partial charge is 0.584 e. The van der Waals surface area contributed by atoms with E-state index < -0.39 is 7.82 Å². The molecule has 2 aromatic rings. The molecule has 0 atom stereocenters. The van der Waals surface area contributed by atoms with E-state index >= 15 is 0 Å². The average molecular weight is 531 g/mol. The summed E-state index contributed by atoms with van der Waals surface area (Å²) in [5.74, 6) is 0.936. The minimum Gasteiger partial charge on any atom is -0.395 e. The van der Waals surface area contributed by atoms with Crippen molar-refractivity contribution in [1.82, 2.24) is 0 Å². The third-order valence-corrected chi connectivity index (χ3v) is 9.72. The molecule has 0 spiro atoms. The molecule has 0 bridgehead atoms. The number of phosphoric acid groups is 1. The molecule has 0 aromatic heterocycles. The second-order valence-electron chi connectivity index (χ2n) is 13.0. The van der Waals surface area contributed by atoms with E-state index in [1.54, 1.807) is 0 Å². The molecule has 5 heteroatoms. The van der Waals surface area contributed by atoms with Gasteiger partial charge in [-0.25, -0.2) is 4.57 Å². The molecule has 0 aliphatic rings. The monoisotopic (exact) mass is 530 g/mol. The number of hydrogen-bond donors (Lipinski definition) is 1. The Bertz CT molecular complexity index is 974. The minimum absolute atomic E-state index is 0.243. The van der Waals surface area contributed by atoms with Crippen LogP contribution in [0.2, 0.25) is 0 Å². The van der Waals surface area contributed by atoms with Crippen molar-refractivity contribution >= 4 is 7.82 Å². The Labute approximate surface area is 226 Å². The van der Waals surface area contributed by atoms with Crippen molar-refractivity contribution in [2.45, 2.75) is 130 Å². The molecule has 2 rings (SSSR count). The topological polar surface area (TPSA) is 55.8 Å². The van der Waals surface area contributed by atoms with Gasteiger partial charge in [0.2, 0.25) is 0 Å². The van der Waals surface area contributed by atoms with Gasteiger partial charge >= 0.3 is 7.82 Å². The van der Waals surface area contributed by atoms with Crippen LogP contribution in [-0.2, 0) is 26.2 Å². The maximum absolute atomic E-state index is 13.9. The van der Waals surface area contributed by atoms with Crippen LogP contribution in [0.1, 0.15) is 131 Å². The van der Waals surface area contributed by atoms with Gasteiger partial charge < -0.3 is 9.05 Å². The zero-order valence-corrected chi connectivity index (χ0v) is 26.3. The van der Waals surface area contributed by atoms with Gasteiger partial charge in [-0.1, -0.05) is 119 Å². The van der Waals surface area contributed by atoms with Gasteiger partial charge in [0.05, 0.1) is 0 Å². The maximum Gasteiger partial charge on any atom is 0.584 e. The lowest BCUT2D eigenvalue weighted by Crippen LogP contribution is -2.24. The van der Waals surface area contributed by atoms with Crippen molar-refractivity contribution in [3.63, 3.8) is 0 Å². The normalized spacial score (nSPS) is 13.5. The molecule has 208 valence electrons. The Morgan fingerprint density at radius 2 is 0.784 bits per heavy atom. The highest BCUT2D eigenvalue weighted by molar-refractivity contribution is 7.48. The first-order chi connectivity index (χ1) is 16.9. The lowest BCUT2D eigenvalue weighted by atomic mass is 9.76. The van der Waals surface area contributed by atoms with Gasteiger partial charge in [0.25, 0.3) is 0 Å². The molecule has 0 heterocycles. The molecule has 0 unspecified atom stereocenters. The van der Waals surface area contributed by atoms with E-state index in [0.717, 1.165) is 47.9 Å². The molecule has 0 aliphatic carbocycles. The van der Waals surface area contributed by atoms with E-state index in [2.05, 4.69) is 83.1 Å². The van der Waals surface area contributed by atoms with Crippen molar-refractivity contribution in [3.05, 3.63) is 58.7 Å². The van der Waals surface area contributed by atoms with E-state index in [1.807, 2.05) is 36.4 Å². The van der Waals surface area contributed by atoms with Crippen LogP contribution in [0.4, 0.5) is 0 Å². The van der Waals surface area contributed by atoms with E-state index in [4.69, 9.17) is 9.05 Å². The van der Waals surface area contributed by atoms with Crippen molar-refractivity contribution in [1.29, 1.82) is 0 Å². The lowest BCUT2D eigenvalue weighted by molar-refractivity contribution is 0.278. The zero-order valence-electron chi connectivity index (χ0n) is 25.4. The van der Waals surface area contributed by atoms with Crippen molar-refractivity contribution in [2.75, 3.05) is 0 Å². The molecule has 0 fully saturated rings. The molecular formula is C32H51O4P. The molecule has 0 saturated carbocycles. The van der Waals surface area contributed by atoms with Gasteiger partial charge in [-0.2, -0.15) is 0 Å². The predicted molar refractivity (Wildman–Crippen MR) is 157 cm³/mol. The fourth-order valence-corrected chi connectivity index (χ4v) is 5.31. The summed E-state index contributed by atoms with van der Waals surface area (Å²) in [6, 6.07) is 12.1. The van der Waals surface area contributed by atoms with Gasteiger partial charge in [-0.3, -0.25) is 4.89 Å². The van der Waals surface area contributed by atoms with Gasteiger partial charge in [0, 0.05) is 22.3 Å². The average Bonchev–Trinajstić information content (AvgIpc) is 2.83. The fraction of sp³-hybridized carbons (Fsp3) is 0.625. The molecule has 1 N–H and O–H groups in total. The van der Waals surface area contributed by atoms with E-state index in [9.17, 15) is 9.46 Å². The summed E-state index contributed by atoms with van der Waals surface area (Å²) in [7, 11) is -4.56. The predicted octanol–water partition coefficient (Wildman–Crippen LogP) is 10.00. The SMILES string of the molecule is CCC(C)(C)c1cccc(C(C)(C)CC)c1OP(=O)(O)Oc1c(C(C)(C)CC)cccc1C(C)(C)CC. The van der Waals surface area contributed by atoms with Crippen LogP contribution >= 0.6 is 7.82 Å². The van der Waals surface area contributed by atoms with Crippen LogP contribution < -0.4 is 9.05 Å². The molecule has 0 amide bonds. The number of benzene rings is 2. The fourth-order valence-electron chi connectivity index (χ4n) is 4.41. The number of rotatable bonds is 12. The van der Waals surface area contributed by atoms with Gasteiger partial charge in [-0.15, -0.1) is 0 Å². The highest BCUT2D eigenvalue weighted by atomic mass is 31.2. The van der Waals surface area contributed by atoms with Crippen LogP contribution in [0.25, 0.3) is 0 Å². The van der Waals surface area contributed by atoms with Crippen molar-refractivity contribution in [2.24, 2.45) is 0 Å². The van der Waals surface area contributed by atoms with E-state index in [1.165, 1.54) is 0 Å². The Hall–Kier alpha value is -1.77. The van der Waals surface area contributed by atoms with Gasteiger partial charge in [-0.05, 0) is 47.3 Å². The molecule has 37 heavy (non-hydrogen) atoms. The first-order valence-electron chi connectivity index (χ1n) is 13.9. The molecule has 2 aromatic carbocycles. The Morgan fingerprint density at radius 3 is 0.973 bits per heavy atom. The number of phosphoric ester groups is 1. The van der Waals surface area contributed by atoms with Crippen molar-refractivity contribution in [3.8, 4) is 11.5 Å². The minimum atomic E-state index is -4.56. The van der Waals surface area contributed by atoms with Crippen LogP contribution in [0.15, 0.2) is 36.4 Å².